The van der Waals surface area contributed by atoms with Gasteiger partial charge in [-0.15, -0.1) is 0 Å². The van der Waals surface area contributed by atoms with Crippen molar-refractivity contribution < 1.29 is 4.74 Å². The van der Waals surface area contributed by atoms with Gasteiger partial charge in [0.1, 0.15) is 5.82 Å². The summed E-state index contributed by atoms with van der Waals surface area (Å²) in [6.45, 7) is 4.40. The minimum Gasteiger partial charge on any atom is -0.381 e. The van der Waals surface area contributed by atoms with Gasteiger partial charge in [-0.2, -0.15) is 0 Å². The molecule has 5 heteroatoms. The summed E-state index contributed by atoms with van der Waals surface area (Å²) in [5, 5.41) is 7.16. The van der Waals surface area contributed by atoms with Crippen molar-refractivity contribution in [2.45, 2.75) is 25.2 Å². The molecule has 1 fully saturated rings. The van der Waals surface area contributed by atoms with E-state index in [1.54, 1.807) is 6.20 Å². The molecule has 126 valence electrons. The van der Waals surface area contributed by atoms with Crippen molar-refractivity contribution >= 4 is 23.1 Å². The molecule has 0 aliphatic carbocycles. The van der Waals surface area contributed by atoms with Gasteiger partial charge in [0.05, 0.1) is 0 Å². The molecule has 0 unspecified atom stereocenters. The maximum Gasteiger partial charge on any atom is 0.171 e. The van der Waals surface area contributed by atoms with Crippen LogP contribution in [0.5, 0.6) is 0 Å². The Balaban J connectivity index is 1.66. The smallest absolute Gasteiger partial charge is 0.171 e. The number of anilines is 1. The Bertz CT molecular complexity index is 684. The summed E-state index contributed by atoms with van der Waals surface area (Å²) in [5.74, 6) is 0.772. The number of aromatic nitrogens is 1. The fourth-order valence-corrected chi connectivity index (χ4v) is 3.31. The molecule has 3 rings (SSSR count). The van der Waals surface area contributed by atoms with Crippen LogP contribution < -0.4 is 10.6 Å². The Kier molecular flexibility index (Phi) is 5.43. The van der Waals surface area contributed by atoms with Gasteiger partial charge in [-0.1, -0.05) is 30.3 Å². The van der Waals surface area contributed by atoms with Crippen molar-refractivity contribution in [3.63, 3.8) is 0 Å². The van der Waals surface area contributed by atoms with Crippen LogP contribution in [0.1, 0.15) is 24.0 Å². The van der Waals surface area contributed by atoms with Crippen molar-refractivity contribution in [2.75, 3.05) is 25.1 Å². The van der Waals surface area contributed by atoms with Gasteiger partial charge >= 0.3 is 0 Å². The second-order valence-electron chi connectivity index (χ2n) is 6.28. The zero-order valence-corrected chi connectivity index (χ0v) is 14.7. The fourth-order valence-electron chi connectivity index (χ4n) is 3.14. The number of nitrogens with zero attached hydrogens (tertiary/aromatic N) is 1. The Hall–Kier alpha value is -1.98. The molecule has 2 heterocycles. The van der Waals surface area contributed by atoms with Gasteiger partial charge < -0.3 is 15.4 Å². The molecule has 24 heavy (non-hydrogen) atoms. The van der Waals surface area contributed by atoms with Gasteiger partial charge in [0.2, 0.25) is 0 Å². The Morgan fingerprint density at radius 2 is 1.96 bits per heavy atom. The predicted octanol–water partition coefficient (Wildman–Crippen LogP) is 3.42. The van der Waals surface area contributed by atoms with E-state index in [-0.39, 0.29) is 5.41 Å². The molecule has 2 aromatic rings. The average Bonchev–Trinajstić information content (AvgIpc) is 2.62. The molecule has 0 amide bonds. The lowest BCUT2D eigenvalue weighted by atomic mass is 9.74. The standard InChI is InChI=1S/C19H23N3OS/c1-15-7-10-20-17(13-15)22-18(24)21-14-19(8-11-23-12-9-19)16-5-3-2-4-6-16/h2-7,10,13H,8-9,11-12,14H2,1H3,(H2,20,21,22,24). The first-order valence-corrected chi connectivity index (χ1v) is 8.70. The zero-order chi connectivity index (χ0) is 16.8. The van der Waals surface area contributed by atoms with Gasteiger partial charge in [0.15, 0.2) is 5.11 Å². The molecule has 0 bridgehead atoms. The Labute approximate surface area is 148 Å². The zero-order valence-electron chi connectivity index (χ0n) is 13.9. The van der Waals surface area contributed by atoms with Gasteiger partial charge in [-0.25, -0.2) is 4.98 Å². The van der Waals surface area contributed by atoms with E-state index in [0.717, 1.165) is 44.0 Å². The SMILES string of the molecule is Cc1ccnc(NC(=S)NCC2(c3ccccc3)CCOCC2)c1. The minimum absolute atomic E-state index is 0.0608. The van der Waals surface area contributed by atoms with Gasteiger partial charge in [0.25, 0.3) is 0 Å². The quantitative estimate of drug-likeness (QED) is 0.835. The molecule has 2 N–H and O–H groups in total. The molecule has 0 saturated carbocycles. The lowest BCUT2D eigenvalue weighted by Crippen LogP contribution is -2.45. The summed E-state index contributed by atoms with van der Waals surface area (Å²) in [5.41, 5.74) is 2.56. The number of ether oxygens (including phenoxy) is 1. The molecule has 1 aromatic heterocycles. The van der Waals surface area contributed by atoms with Gasteiger partial charge in [-0.3, -0.25) is 0 Å². The van der Waals surface area contributed by atoms with Gasteiger partial charge in [0, 0.05) is 31.4 Å². The van der Waals surface area contributed by atoms with Crippen LogP contribution in [-0.2, 0) is 10.2 Å². The van der Waals surface area contributed by atoms with Crippen LogP contribution in [-0.4, -0.2) is 29.9 Å². The summed E-state index contributed by atoms with van der Waals surface area (Å²) < 4.78 is 5.58. The second-order valence-corrected chi connectivity index (χ2v) is 6.69. The predicted molar refractivity (Wildman–Crippen MR) is 101 cm³/mol. The molecule has 1 aromatic carbocycles. The topological polar surface area (TPSA) is 46.2 Å². The van der Waals surface area contributed by atoms with Crippen molar-refractivity contribution in [2.24, 2.45) is 0 Å². The van der Waals surface area contributed by atoms with Crippen molar-refractivity contribution in [3.8, 4) is 0 Å². The lowest BCUT2D eigenvalue weighted by molar-refractivity contribution is 0.0515. The highest BCUT2D eigenvalue weighted by molar-refractivity contribution is 7.80. The molecule has 0 spiro atoms. The largest absolute Gasteiger partial charge is 0.381 e. The number of hydrogen-bond donors (Lipinski definition) is 2. The monoisotopic (exact) mass is 341 g/mol. The second kappa shape index (κ2) is 7.73. The van der Waals surface area contributed by atoms with Crippen LogP contribution in [0.3, 0.4) is 0 Å². The third-order valence-electron chi connectivity index (χ3n) is 4.58. The van der Waals surface area contributed by atoms with E-state index in [9.17, 15) is 0 Å². The van der Waals surface area contributed by atoms with Crippen LogP contribution in [0.15, 0.2) is 48.7 Å². The third-order valence-corrected chi connectivity index (χ3v) is 4.83. The highest BCUT2D eigenvalue weighted by Gasteiger charge is 2.34. The number of thiocarbonyl (C=S) groups is 1. The van der Waals surface area contributed by atoms with Crippen LogP contribution >= 0.6 is 12.2 Å². The summed E-state index contributed by atoms with van der Waals surface area (Å²) in [6.07, 6.45) is 3.77. The summed E-state index contributed by atoms with van der Waals surface area (Å²) in [6, 6.07) is 14.6. The molecule has 1 aliphatic heterocycles. The first-order chi connectivity index (χ1) is 11.7. The van der Waals surface area contributed by atoms with Crippen molar-refractivity contribution in [1.82, 2.24) is 10.3 Å². The number of nitrogens with one attached hydrogen (secondary N) is 2. The molecular formula is C19H23N3OS. The normalized spacial score (nSPS) is 16.4. The molecule has 4 nitrogen and oxygen atoms in total. The van der Waals surface area contributed by atoms with Crippen LogP contribution in [0.4, 0.5) is 5.82 Å². The summed E-state index contributed by atoms with van der Waals surface area (Å²) in [4.78, 5) is 4.29. The van der Waals surface area contributed by atoms with E-state index >= 15 is 0 Å². The van der Waals surface area contributed by atoms with Gasteiger partial charge in [-0.05, 0) is 55.2 Å². The first kappa shape index (κ1) is 16.9. The van der Waals surface area contributed by atoms with Crippen molar-refractivity contribution in [1.29, 1.82) is 0 Å². The fraction of sp³-hybridized carbons (Fsp3) is 0.368. The highest BCUT2D eigenvalue weighted by atomic mass is 32.1. The van der Waals surface area contributed by atoms with Crippen LogP contribution in [0, 0.1) is 6.92 Å². The highest BCUT2D eigenvalue weighted by Crippen LogP contribution is 2.34. The minimum atomic E-state index is 0.0608. The first-order valence-electron chi connectivity index (χ1n) is 8.29. The maximum absolute atomic E-state index is 5.58. The Morgan fingerprint density at radius 3 is 2.67 bits per heavy atom. The maximum atomic E-state index is 5.58. The Morgan fingerprint density at radius 1 is 1.21 bits per heavy atom. The van der Waals surface area contributed by atoms with Crippen LogP contribution in [0.25, 0.3) is 0 Å². The summed E-state index contributed by atoms with van der Waals surface area (Å²) >= 11 is 5.45. The van der Waals surface area contributed by atoms with E-state index in [1.165, 1.54) is 5.56 Å². The number of rotatable bonds is 4. The van der Waals surface area contributed by atoms with E-state index in [1.807, 2.05) is 19.1 Å². The number of aryl methyl sites for hydroxylation is 1. The van der Waals surface area contributed by atoms with Crippen molar-refractivity contribution in [3.05, 3.63) is 59.8 Å². The molecule has 0 atom stereocenters. The van der Waals surface area contributed by atoms with E-state index in [2.05, 4.69) is 45.9 Å². The number of benzene rings is 1. The van der Waals surface area contributed by atoms with E-state index in [4.69, 9.17) is 17.0 Å². The number of hydrogen-bond acceptors (Lipinski definition) is 3. The number of pyridine rings is 1. The van der Waals surface area contributed by atoms with E-state index in [0.29, 0.717) is 5.11 Å². The average molecular weight is 341 g/mol. The summed E-state index contributed by atoms with van der Waals surface area (Å²) in [7, 11) is 0. The molecular weight excluding hydrogens is 318 g/mol. The molecule has 1 aliphatic rings. The third kappa shape index (κ3) is 4.10. The molecule has 0 radical (unpaired) electrons. The lowest BCUT2D eigenvalue weighted by Gasteiger charge is -2.38. The van der Waals surface area contributed by atoms with E-state index < -0.39 is 0 Å². The van der Waals surface area contributed by atoms with Crippen LogP contribution in [0.2, 0.25) is 0 Å². The molecule has 1 saturated heterocycles.